The normalized spacial score (nSPS) is 10.2. The maximum atomic E-state index is 12.2. The number of anilines is 1. The number of nitrogens with one attached hydrogen (secondary N) is 1. The van der Waals surface area contributed by atoms with E-state index < -0.39 is 18.5 Å². The molecule has 0 heterocycles. The Morgan fingerprint density at radius 1 is 1.10 bits per heavy atom. The van der Waals surface area contributed by atoms with Crippen LogP contribution in [0.5, 0.6) is 11.5 Å². The molecule has 0 aromatic heterocycles. The Labute approximate surface area is 169 Å². The molecule has 8 nitrogen and oxygen atoms in total. The molecule has 0 aliphatic rings. The molecule has 2 amide bonds. The second-order valence-electron chi connectivity index (χ2n) is 6.52. The first-order valence-electron chi connectivity index (χ1n) is 8.87. The number of carbonyl (C=O) groups excluding carboxylic acids is 3. The van der Waals surface area contributed by atoms with Crippen molar-refractivity contribution < 1.29 is 29.0 Å². The van der Waals surface area contributed by atoms with Gasteiger partial charge in [-0.3, -0.25) is 9.59 Å². The van der Waals surface area contributed by atoms with E-state index >= 15 is 0 Å². The molecule has 2 aromatic rings. The van der Waals surface area contributed by atoms with Crippen LogP contribution in [0, 0.1) is 13.8 Å². The van der Waals surface area contributed by atoms with Crippen LogP contribution in [-0.2, 0) is 14.3 Å². The maximum Gasteiger partial charge on any atom is 0.342 e. The topological polar surface area (TPSA) is 105 Å². The van der Waals surface area contributed by atoms with Crippen molar-refractivity contribution >= 4 is 23.5 Å². The van der Waals surface area contributed by atoms with Crippen molar-refractivity contribution in [3.63, 3.8) is 0 Å². The van der Waals surface area contributed by atoms with Crippen molar-refractivity contribution in [3.05, 3.63) is 53.1 Å². The van der Waals surface area contributed by atoms with E-state index in [2.05, 4.69) is 5.32 Å². The highest BCUT2D eigenvalue weighted by molar-refractivity contribution is 5.97. The van der Waals surface area contributed by atoms with Crippen LogP contribution >= 0.6 is 0 Å². The van der Waals surface area contributed by atoms with Crippen molar-refractivity contribution in [2.75, 3.05) is 32.6 Å². The van der Waals surface area contributed by atoms with Crippen molar-refractivity contribution in [1.82, 2.24) is 4.90 Å². The Morgan fingerprint density at radius 3 is 2.34 bits per heavy atom. The van der Waals surface area contributed by atoms with E-state index in [-0.39, 0.29) is 23.8 Å². The Kier molecular flexibility index (Phi) is 7.19. The minimum atomic E-state index is -0.855. The van der Waals surface area contributed by atoms with Gasteiger partial charge in [0.2, 0.25) is 5.91 Å². The number of aryl methyl sites for hydroxylation is 2. The smallest absolute Gasteiger partial charge is 0.342 e. The van der Waals surface area contributed by atoms with Crippen molar-refractivity contribution in [2.45, 2.75) is 13.8 Å². The molecule has 8 heteroatoms. The number of amides is 2. The van der Waals surface area contributed by atoms with Gasteiger partial charge in [-0.25, -0.2) is 4.79 Å². The summed E-state index contributed by atoms with van der Waals surface area (Å²) in [5, 5.41) is 12.6. The van der Waals surface area contributed by atoms with Crippen molar-refractivity contribution in [3.8, 4) is 11.5 Å². The average Bonchev–Trinajstić information content (AvgIpc) is 2.68. The predicted octanol–water partition coefficient (Wildman–Crippen LogP) is 2.27. The van der Waals surface area contributed by atoms with Crippen LogP contribution < -0.4 is 10.1 Å². The molecular weight excluding hydrogens is 376 g/mol. The zero-order valence-corrected chi connectivity index (χ0v) is 16.8. The number of rotatable bonds is 7. The number of hydrogen-bond acceptors (Lipinski definition) is 6. The third-order valence-corrected chi connectivity index (χ3v) is 4.30. The van der Waals surface area contributed by atoms with Gasteiger partial charge in [-0.1, -0.05) is 18.2 Å². The number of para-hydroxylation sites is 1. The summed E-state index contributed by atoms with van der Waals surface area (Å²) in [6.45, 7) is 3.01. The first-order valence-corrected chi connectivity index (χ1v) is 8.87. The lowest BCUT2D eigenvalue weighted by Gasteiger charge is -2.18. The fourth-order valence-electron chi connectivity index (χ4n) is 2.62. The molecule has 154 valence electrons. The first-order chi connectivity index (χ1) is 13.7. The molecule has 0 saturated carbocycles. The monoisotopic (exact) mass is 400 g/mol. The summed E-state index contributed by atoms with van der Waals surface area (Å²) < 4.78 is 9.88. The van der Waals surface area contributed by atoms with Gasteiger partial charge in [0.1, 0.15) is 17.1 Å². The summed E-state index contributed by atoms with van der Waals surface area (Å²) in [4.78, 5) is 37.6. The van der Waals surface area contributed by atoms with Crippen molar-refractivity contribution in [1.29, 1.82) is 0 Å². The van der Waals surface area contributed by atoms with E-state index in [1.165, 1.54) is 32.4 Å². The highest BCUT2D eigenvalue weighted by Gasteiger charge is 2.18. The fraction of sp³-hybridized carbons (Fsp3) is 0.286. The number of phenolic OH excluding ortho intramolecular Hbond substituents is 1. The molecule has 2 aromatic carbocycles. The maximum absolute atomic E-state index is 12.2. The lowest BCUT2D eigenvalue weighted by atomic mass is 10.1. The quantitative estimate of drug-likeness (QED) is 0.691. The molecule has 0 spiro atoms. The Balaban J connectivity index is 1.88. The van der Waals surface area contributed by atoms with Crippen LogP contribution in [0.3, 0.4) is 0 Å². The van der Waals surface area contributed by atoms with E-state index in [1.807, 2.05) is 32.0 Å². The molecule has 0 atom stereocenters. The molecule has 0 saturated heterocycles. The third-order valence-electron chi connectivity index (χ3n) is 4.30. The van der Waals surface area contributed by atoms with E-state index in [0.717, 1.165) is 16.0 Å². The highest BCUT2D eigenvalue weighted by atomic mass is 16.5. The average molecular weight is 400 g/mol. The molecule has 2 rings (SSSR count). The fourth-order valence-corrected chi connectivity index (χ4v) is 2.62. The predicted molar refractivity (Wildman–Crippen MR) is 107 cm³/mol. The number of phenols is 1. The summed E-state index contributed by atoms with van der Waals surface area (Å²) >= 11 is 0. The first kappa shape index (κ1) is 21.7. The van der Waals surface area contributed by atoms with Crippen LogP contribution in [-0.4, -0.2) is 55.1 Å². The van der Waals surface area contributed by atoms with Crippen molar-refractivity contribution in [2.24, 2.45) is 0 Å². The molecule has 0 radical (unpaired) electrons. The van der Waals surface area contributed by atoms with Gasteiger partial charge < -0.3 is 24.8 Å². The number of methoxy groups -OCH3 is 1. The van der Waals surface area contributed by atoms with Gasteiger partial charge in [0, 0.05) is 18.8 Å². The van der Waals surface area contributed by atoms with Gasteiger partial charge in [0.15, 0.2) is 6.61 Å². The number of ether oxygens (including phenoxy) is 2. The van der Waals surface area contributed by atoms with Gasteiger partial charge in [-0.05, 0) is 37.1 Å². The minimum absolute atomic E-state index is 0.0889. The Bertz CT molecular complexity index is 905. The lowest BCUT2D eigenvalue weighted by molar-refractivity contribution is -0.136. The molecule has 0 aliphatic heterocycles. The zero-order chi connectivity index (χ0) is 21.6. The summed E-state index contributed by atoms with van der Waals surface area (Å²) in [6, 6.07) is 9.75. The van der Waals surface area contributed by atoms with Gasteiger partial charge in [-0.2, -0.15) is 0 Å². The van der Waals surface area contributed by atoms with Crippen LogP contribution in [0.1, 0.15) is 21.5 Å². The number of carbonyl (C=O) groups is 3. The number of benzene rings is 2. The molecule has 2 N–H and O–H groups in total. The lowest BCUT2D eigenvalue weighted by Crippen LogP contribution is -2.37. The van der Waals surface area contributed by atoms with Gasteiger partial charge >= 0.3 is 5.97 Å². The largest absolute Gasteiger partial charge is 0.507 e. The van der Waals surface area contributed by atoms with Crippen LogP contribution in [0.25, 0.3) is 0 Å². The van der Waals surface area contributed by atoms with Crippen LogP contribution in [0.4, 0.5) is 5.69 Å². The van der Waals surface area contributed by atoms with E-state index in [1.54, 1.807) is 0 Å². The molecule has 0 aliphatic carbocycles. The van der Waals surface area contributed by atoms with E-state index in [0.29, 0.717) is 11.4 Å². The third kappa shape index (κ3) is 5.71. The van der Waals surface area contributed by atoms with E-state index in [9.17, 15) is 19.5 Å². The standard InChI is InChI=1S/C21H24N2O6/c1-13-6-5-7-14(2)20(13)22-18(25)11-23(3)19(26)12-29-21(27)16-9-8-15(28-4)10-17(16)24/h5-10,24H,11-12H2,1-4H3,(H,22,25). The summed E-state index contributed by atoms with van der Waals surface area (Å²) in [6.07, 6.45) is 0. The van der Waals surface area contributed by atoms with Crippen LogP contribution in [0.15, 0.2) is 36.4 Å². The number of likely N-dealkylation sites (N-methyl/N-ethyl adjacent to an activating group) is 1. The Hall–Kier alpha value is -3.55. The number of aromatic hydroxyl groups is 1. The molecule has 29 heavy (non-hydrogen) atoms. The zero-order valence-electron chi connectivity index (χ0n) is 16.8. The highest BCUT2D eigenvalue weighted by Crippen LogP contribution is 2.24. The number of esters is 1. The molecule has 0 bridgehead atoms. The summed E-state index contributed by atoms with van der Waals surface area (Å²) in [5.74, 6) is -1.71. The summed E-state index contributed by atoms with van der Waals surface area (Å²) in [5.41, 5.74) is 2.45. The van der Waals surface area contributed by atoms with Gasteiger partial charge in [0.25, 0.3) is 5.91 Å². The SMILES string of the molecule is COc1ccc(C(=O)OCC(=O)N(C)CC(=O)Nc2c(C)cccc2C)c(O)c1. The second-order valence-corrected chi connectivity index (χ2v) is 6.52. The molecule has 0 fully saturated rings. The second kappa shape index (κ2) is 9.59. The number of hydrogen-bond donors (Lipinski definition) is 2. The van der Waals surface area contributed by atoms with Gasteiger partial charge in [0.05, 0.1) is 13.7 Å². The number of nitrogens with zero attached hydrogens (tertiary/aromatic N) is 1. The molecule has 0 unspecified atom stereocenters. The molecular formula is C21H24N2O6. The van der Waals surface area contributed by atoms with Crippen LogP contribution in [0.2, 0.25) is 0 Å². The minimum Gasteiger partial charge on any atom is -0.507 e. The van der Waals surface area contributed by atoms with Gasteiger partial charge in [-0.15, -0.1) is 0 Å². The Morgan fingerprint density at radius 2 is 1.76 bits per heavy atom. The summed E-state index contributed by atoms with van der Waals surface area (Å²) in [7, 11) is 2.86. The van der Waals surface area contributed by atoms with E-state index in [4.69, 9.17) is 9.47 Å².